The van der Waals surface area contributed by atoms with E-state index in [0.717, 1.165) is 0 Å². The number of rotatable bonds is 2. The van der Waals surface area contributed by atoms with Gasteiger partial charge in [0.25, 0.3) is 0 Å². The molecule has 0 amide bonds. The number of aliphatic hydroxyl groups excluding tert-OH is 1. The lowest BCUT2D eigenvalue weighted by molar-refractivity contribution is -0.114. The minimum absolute atomic E-state index is 0.000985. The van der Waals surface area contributed by atoms with Crippen molar-refractivity contribution < 1.29 is 19.3 Å². The highest BCUT2D eigenvalue weighted by Crippen LogP contribution is 2.61. The van der Waals surface area contributed by atoms with E-state index >= 15 is 4.39 Å². The van der Waals surface area contributed by atoms with E-state index < -0.39 is 29.7 Å². The number of hydrogen-bond donors (Lipinski definition) is 4. The third-order valence-corrected chi connectivity index (χ3v) is 4.51. The van der Waals surface area contributed by atoms with E-state index in [2.05, 4.69) is 20.3 Å². The van der Waals surface area contributed by atoms with E-state index in [9.17, 15) is 10.2 Å². The van der Waals surface area contributed by atoms with E-state index in [-0.39, 0.29) is 11.6 Å². The maximum absolute atomic E-state index is 15.0. The van der Waals surface area contributed by atoms with Crippen LogP contribution in [-0.2, 0) is 4.74 Å². The van der Waals surface area contributed by atoms with Crippen molar-refractivity contribution in [3.05, 3.63) is 6.33 Å². The van der Waals surface area contributed by atoms with Crippen molar-refractivity contribution in [3.63, 3.8) is 0 Å². The van der Waals surface area contributed by atoms with Gasteiger partial charge in [-0.05, 0) is 6.92 Å². The maximum Gasteiger partial charge on any atom is 0.224 e. The van der Waals surface area contributed by atoms with Crippen LogP contribution >= 0.6 is 0 Å². The molecule has 2 aliphatic rings. The third kappa shape index (κ3) is 1.35. The molecular weight excluding hydrogens is 295 g/mol. The van der Waals surface area contributed by atoms with Crippen LogP contribution < -0.4 is 11.1 Å². The van der Waals surface area contributed by atoms with Crippen LogP contribution in [0.15, 0.2) is 6.33 Å². The Morgan fingerprint density at radius 3 is 2.82 bits per heavy atom. The van der Waals surface area contributed by atoms with Gasteiger partial charge >= 0.3 is 0 Å². The number of imidazole rings is 1. The summed E-state index contributed by atoms with van der Waals surface area (Å²) in [7, 11) is 1.65. The summed E-state index contributed by atoms with van der Waals surface area (Å²) < 4.78 is 21.9. The van der Waals surface area contributed by atoms with Gasteiger partial charge in [0, 0.05) is 7.05 Å². The quantitative estimate of drug-likeness (QED) is 0.566. The summed E-state index contributed by atoms with van der Waals surface area (Å²) >= 11 is 0. The van der Waals surface area contributed by atoms with Crippen LogP contribution in [0.5, 0.6) is 0 Å². The Bertz CT molecular complexity index is 780. The number of nitrogens with zero attached hydrogens (tertiary/aromatic N) is 4. The molecule has 5 atom stereocenters. The third-order valence-electron chi connectivity index (χ3n) is 4.51. The molecule has 0 bridgehead atoms. The van der Waals surface area contributed by atoms with Gasteiger partial charge in [0.2, 0.25) is 5.95 Å². The van der Waals surface area contributed by atoms with Gasteiger partial charge in [-0.25, -0.2) is 9.37 Å². The Morgan fingerprint density at radius 2 is 2.23 bits per heavy atom. The number of nitrogens with one attached hydrogen (secondary N) is 1. The summed E-state index contributed by atoms with van der Waals surface area (Å²) in [6, 6.07) is 0. The molecule has 1 saturated heterocycles. The first-order valence-electron chi connectivity index (χ1n) is 6.75. The molecule has 1 aliphatic heterocycles. The van der Waals surface area contributed by atoms with E-state index in [1.54, 1.807) is 7.05 Å². The summed E-state index contributed by atoms with van der Waals surface area (Å²) in [5.41, 5.74) is 2.22. The second kappa shape index (κ2) is 3.83. The second-order valence-corrected chi connectivity index (χ2v) is 5.76. The van der Waals surface area contributed by atoms with Crippen LogP contribution in [0.2, 0.25) is 0 Å². The maximum atomic E-state index is 15.0. The summed E-state index contributed by atoms with van der Waals surface area (Å²) in [5, 5.41) is 22.6. The smallest absolute Gasteiger partial charge is 0.224 e. The number of fused-ring (bicyclic) bond motifs is 2. The average molecular weight is 310 g/mol. The zero-order valence-electron chi connectivity index (χ0n) is 11.9. The molecule has 118 valence electrons. The van der Waals surface area contributed by atoms with Gasteiger partial charge in [0.1, 0.15) is 12.2 Å². The number of halogens is 1. The van der Waals surface area contributed by atoms with Crippen LogP contribution in [0.1, 0.15) is 13.2 Å². The molecule has 2 fully saturated rings. The molecule has 4 rings (SSSR count). The van der Waals surface area contributed by atoms with E-state index in [1.165, 1.54) is 17.8 Å². The number of hydrogen-bond acceptors (Lipinski definition) is 8. The van der Waals surface area contributed by atoms with E-state index in [4.69, 9.17) is 10.5 Å². The normalized spacial score (nSPS) is 40.0. The lowest BCUT2D eigenvalue weighted by atomic mass is 9.97. The van der Waals surface area contributed by atoms with Crippen molar-refractivity contribution in [1.29, 1.82) is 0 Å². The minimum Gasteiger partial charge on any atom is -0.387 e. The fourth-order valence-corrected chi connectivity index (χ4v) is 3.14. The molecule has 2 aromatic heterocycles. The van der Waals surface area contributed by atoms with E-state index in [0.29, 0.717) is 11.3 Å². The molecule has 0 spiro atoms. The number of aromatic nitrogens is 4. The molecule has 22 heavy (non-hydrogen) atoms. The zero-order chi connectivity index (χ0) is 15.9. The molecule has 9 nitrogen and oxygen atoms in total. The molecule has 5 N–H and O–H groups in total. The fourth-order valence-electron chi connectivity index (χ4n) is 3.14. The molecule has 1 aliphatic carbocycles. The van der Waals surface area contributed by atoms with Gasteiger partial charge in [-0.3, -0.25) is 4.57 Å². The van der Waals surface area contributed by atoms with Gasteiger partial charge in [0.15, 0.2) is 34.5 Å². The van der Waals surface area contributed by atoms with Crippen molar-refractivity contribution >= 4 is 22.9 Å². The Morgan fingerprint density at radius 1 is 1.50 bits per heavy atom. The number of aliphatic hydroxyl groups is 2. The number of anilines is 2. The van der Waals surface area contributed by atoms with Gasteiger partial charge in [-0.2, -0.15) is 9.97 Å². The van der Waals surface area contributed by atoms with Gasteiger partial charge in [-0.15, -0.1) is 0 Å². The summed E-state index contributed by atoms with van der Waals surface area (Å²) in [4.78, 5) is 12.2. The van der Waals surface area contributed by atoms with Crippen molar-refractivity contribution in [2.45, 2.75) is 36.6 Å². The average Bonchev–Trinajstić information content (AvgIpc) is 2.77. The van der Waals surface area contributed by atoms with Gasteiger partial charge in [-0.1, -0.05) is 0 Å². The molecule has 2 aromatic rings. The molecule has 0 radical (unpaired) electrons. The molecule has 1 saturated carbocycles. The SMILES string of the molecule is CNc1nc(N)nc2c1ncn2[C@@H]1O[C@@H]2C(O)[C@]2(O)[C@@]1(C)F. The van der Waals surface area contributed by atoms with Crippen LogP contribution in [0, 0.1) is 0 Å². The second-order valence-electron chi connectivity index (χ2n) is 5.76. The lowest BCUT2D eigenvalue weighted by Crippen LogP contribution is -2.44. The Balaban J connectivity index is 1.85. The summed E-state index contributed by atoms with van der Waals surface area (Å²) in [6.07, 6.45) is -2.02. The number of alkyl halides is 1. The van der Waals surface area contributed by atoms with Crippen LogP contribution in [0.3, 0.4) is 0 Å². The minimum atomic E-state index is -2.20. The van der Waals surface area contributed by atoms with Crippen molar-refractivity contribution in [1.82, 2.24) is 19.5 Å². The highest BCUT2D eigenvalue weighted by molar-refractivity contribution is 5.84. The van der Waals surface area contributed by atoms with Crippen molar-refractivity contribution in [3.8, 4) is 0 Å². The highest BCUT2D eigenvalue weighted by Gasteiger charge is 2.83. The lowest BCUT2D eigenvalue weighted by Gasteiger charge is -2.29. The molecule has 10 heteroatoms. The Labute approximate surface area is 123 Å². The molecule has 0 aromatic carbocycles. The largest absolute Gasteiger partial charge is 0.387 e. The van der Waals surface area contributed by atoms with Crippen LogP contribution in [0.25, 0.3) is 11.2 Å². The molecular formula is C12H15FN6O3. The first kappa shape index (κ1) is 13.6. The Kier molecular flexibility index (Phi) is 2.37. The van der Waals surface area contributed by atoms with Gasteiger partial charge < -0.3 is 26.0 Å². The number of ether oxygens (including phenoxy) is 1. The van der Waals surface area contributed by atoms with Crippen LogP contribution in [0.4, 0.5) is 16.2 Å². The number of nitrogen functional groups attached to an aromatic ring is 1. The Hall–Kier alpha value is -2.04. The van der Waals surface area contributed by atoms with Gasteiger partial charge in [0.05, 0.1) is 6.33 Å². The molecule has 3 heterocycles. The van der Waals surface area contributed by atoms with Crippen LogP contribution in [-0.4, -0.2) is 60.3 Å². The standard InChI is InChI=1S/C12H15FN6O3/c1-11(13)9(22-6-5(20)12(6,11)21)19-3-16-4-7(15-2)17-10(14)18-8(4)19/h3,5-6,9,20-21H,1-2H3,(H3,14,15,17,18)/t5?,6-,9-,11+,12-/m1/s1. The first-order valence-corrected chi connectivity index (χ1v) is 6.75. The topological polar surface area (TPSA) is 131 Å². The number of nitrogens with two attached hydrogens (primary N) is 1. The predicted octanol–water partition coefficient (Wildman–Crippen LogP) is -0.819. The van der Waals surface area contributed by atoms with E-state index in [1.807, 2.05) is 0 Å². The predicted molar refractivity (Wildman–Crippen MR) is 73.7 cm³/mol. The first-order chi connectivity index (χ1) is 10.3. The van der Waals surface area contributed by atoms with Crippen molar-refractivity contribution in [2.24, 2.45) is 0 Å². The summed E-state index contributed by atoms with van der Waals surface area (Å²) in [6.45, 7) is 1.18. The fraction of sp³-hybridized carbons (Fsp3) is 0.583. The molecule has 1 unspecified atom stereocenters. The van der Waals surface area contributed by atoms with Crippen molar-refractivity contribution in [2.75, 3.05) is 18.1 Å². The highest BCUT2D eigenvalue weighted by atomic mass is 19.1. The zero-order valence-corrected chi connectivity index (χ0v) is 11.9. The summed E-state index contributed by atoms with van der Waals surface area (Å²) in [5.74, 6) is 0.407. The monoisotopic (exact) mass is 310 g/mol.